The van der Waals surface area contributed by atoms with E-state index in [1.165, 1.54) is 46.5 Å². The summed E-state index contributed by atoms with van der Waals surface area (Å²) in [6, 6.07) is 20.0. The smallest absolute Gasteiger partial charge is 0.255 e. The number of fused-ring (bicyclic) bond motifs is 3. The third-order valence-corrected chi connectivity index (χ3v) is 6.54. The fraction of sp³-hybridized carbons (Fsp3) is 0.174. The lowest BCUT2D eigenvalue weighted by Gasteiger charge is -2.11. The molecule has 0 saturated heterocycles. The first-order chi connectivity index (χ1) is 13.8. The number of carbonyl (C=O) groups is 1. The molecule has 5 nitrogen and oxygen atoms in total. The normalized spacial score (nSPS) is 12.5. The molecule has 0 fully saturated rings. The third kappa shape index (κ3) is 3.95. The Morgan fingerprint density at radius 2 is 1.59 bits per heavy atom. The molecule has 1 aliphatic rings. The van der Waals surface area contributed by atoms with E-state index in [9.17, 15) is 13.2 Å². The zero-order chi connectivity index (χ0) is 20.6. The monoisotopic (exact) mass is 406 g/mol. The Kier molecular flexibility index (Phi) is 4.98. The summed E-state index contributed by atoms with van der Waals surface area (Å²) in [7, 11) is -3.58. The van der Waals surface area contributed by atoms with E-state index in [4.69, 9.17) is 0 Å². The molecular weight excluding hydrogens is 384 g/mol. The molecule has 0 radical (unpaired) electrons. The zero-order valence-electron chi connectivity index (χ0n) is 16.3. The zero-order valence-corrected chi connectivity index (χ0v) is 17.1. The van der Waals surface area contributed by atoms with Crippen LogP contribution >= 0.6 is 0 Å². The molecule has 0 saturated carbocycles. The second-order valence-corrected chi connectivity index (χ2v) is 9.17. The molecule has 3 aromatic carbocycles. The molecule has 0 heterocycles. The van der Waals surface area contributed by atoms with Crippen molar-refractivity contribution in [1.29, 1.82) is 0 Å². The van der Waals surface area contributed by atoms with Crippen LogP contribution in [0.5, 0.6) is 0 Å². The van der Waals surface area contributed by atoms with Gasteiger partial charge in [0, 0.05) is 17.3 Å². The molecular formula is C23H22N2O3S. The lowest BCUT2D eigenvalue weighted by atomic mass is 10.1. The Labute approximate surface area is 170 Å². The van der Waals surface area contributed by atoms with Gasteiger partial charge in [-0.1, -0.05) is 30.3 Å². The maximum Gasteiger partial charge on any atom is 0.255 e. The summed E-state index contributed by atoms with van der Waals surface area (Å²) in [4.78, 5) is 12.7. The van der Waals surface area contributed by atoms with E-state index in [1.54, 1.807) is 13.8 Å². The lowest BCUT2D eigenvalue weighted by Crippen LogP contribution is -2.30. The van der Waals surface area contributed by atoms with Gasteiger partial charge in [0.25, 0.3) is 5.91 Å². The van der Waals surface area contributed by atoms with Gasteiger partial charge in [0.05, 0.1) is 4.90 Å². The van der Waals surface area contributed by atoms with Crippen molar-refractivity contribution in [2.45, 2.75) is 31.2 Å². The van der Waals surface area contributed by atoms with Gasteiger partial charge < -0.3 is 5.32 Å². The van der Waals surface area contributed by atoms with Crippen LogP contribution in [0.1, 0.15) is 35.3 Å². The second kappa shape index (κ2) is 7.46. The number of amides is 1. The van der Waals surface area contributed by atoms with Gasteiger partial charge in [-0.15, -0.1) is 0 Å². The van der Waals surface area contributed by atoms with Gasteiger partial charge in [0.2, 0.25) is 10.0 Å². The summed E-state index contributed by atoms with van der Waals surface area (Å²) < 4.78 is 26.9. The predicted octanol–water partition coefficient (Wildman–Crippen LogP) is 4.20. The van der Waals surface area contributed by atoms with Gasteiger partial charge in [-0.05, 0) is 78.9 Å². The maximum atomic E-state index is 12.6. The molecule has 2 N–H and O–H groups in total. The number of sulfonamides is 1. The van der Waals surface area contributed by atoms with Crippen LogP contribution in [0.4, 0.5) is 5.69 Å². The molecule has 4 rings (SSSR count). The molecule has 0 unspecified atom stereocenters. The van der Waals surface area contributed by atoms with E-state index in [0.29, 0.717) is 5.56 Å². The minimum absolute atomic E-state index is 0.137. The van der Waals surface area contributed by atoms with E-state index in [0.717, 1.165) is 12.1 Å². The van der Waals surface area contributed by atoms with Crippen molar-refractivity contribution in [2.75, 3.05) is 5.32 Å². The van der Waals surface area contributed by atoms with Crippen molar-refractivity contribution in [3.05, 3.63) is 83.4 Å². The number of hydrogen-bond acceptors (Lipinski definition) is 3. The molecule has 6 heteroatoms. The molecule has 1 aliphatic carbocycles. The van der Waals surface area contributed by atoms with E-state index < -0.39 is 10.0 Å². The van der Waals surface area contributed by atoms with Crippen LogP contribution in [0, 0.1) is 0 Å². The minimum atomic E-state index is -3.58. The molecule has 0 aromatic heterocycles. The van der Waals surface area contributed by atoms with Crippen molar-refractivity contribution >= 4 is 21.6 Å². The molecule has 0 bridgehead atoms. The predicted molar refractivity (Wildman–Crippen MR) is 115 cm³/mol. The average Bonchev–Trinajstić information content (AvgIpc) is 3.05. The van der Waals surface area contributed by atoms with Gasteiger partial charge in [0.1, 0.15) is 0 Å². The molecule has 0 aliphatic heterocycles. The summed E-state index contributed by atoms with van der Waals surface area (Å²) >= 11 is 0. The van der Waals surface area contributed by atoms with Crippen LogP contribution in [0.25, 0.3) is 11.1 Å². The highest BCUT2D eigenvalue weighted by atomic mass is 32.2. The summed E-state index contributed by atoms with van der Waals surface area (Å²) in [5.74, 6) is -0.277. The van der Waals surface area contributed by atoms with E-state index >= 15 is 0 Å². The standard InChI is InChI=1S/C23H22N2O3S/c1-15(2)25-29(27,28)20-10-7-16(8-11-20)23(26)24-19-9-12-22-18(14-19)13-17-5-3-4-6-21(17)22/h3-12,14-15,25H,13H2,1-2H3,(H,24,26). The van der Waals surface area contributed by atoms with Crippen LogP contribution in [0.2, 0.25) is 0 Å². The fourth-order valence-electron chi connectivity index (χ4n) is 3.59. The SMILES string of the molecule is CC(C)NS(=O)(=O)c1ccc(C(=O)Nc2ccc3c(c2)Cc2ccccc2-3)cc1. The van der Waals surface area contributed by atoms with Crippen LogP contribution in [0.15, 0.2) is 71.6 Å². The largest absolute Gasteiger partial charge is 0.322 e. The van der Waals surface area contributed by atoms with Gasteiger partial charge in [-0.25, -0.2) is 13.1 Å². The number of anilines is 1. The first-order valence-electron chi connectivity index (χ1n) is 9.48. The van der Waals surface area contributed by atoms with Gasteiger partial charge in [0.15, 0.2) is 0 Å². The number of nitrogens with one attached hydrogen (secondary N) is 2. The van der Waals surface area contributed by atoms with Gasteiger partial charge in [-0.2, -0.15) is 0 Å². The Bertz CT molecular complexity index is 1180. The first kappa shape index (κ1) is 19.4. The molecule has 3 aromatic rings. The van der Waals surface area contributed by atoms with Crippen molar-refractivity contribution in [3.8, 4) is 11.1 Å². The number of benzene rings is 3. The molecule has 148 valence electrons. The number of carbonyl (C=O) groups excluding carboxylic acids is 1. The highest BCUT2D eigenvalue weighted by Gasteiger charge is 2.19. The summed E-state index contributed by atoms with van der Waals surface area (Å²) in [6.45, 7) is 3.52. The molecule has 1 amide bonds. The van der Waals surface area contributed by atoms with Crippen LogP contribution in [-0.2, 0) is 16.4 Å². The molecule has 0 atom stereocenters. The molecule has 29 heavy (non-hydrogen) atoms. The highest BCUT2D eigenvalue weighted by molar-refractivity contribution is 7.89. The summed E-state index contributed by atoms with van der Waals surface area (Å²) in [5, 5.41) is 2.90. The minimum Gasteiger partial charge on any atom is -0.322 e. The van der Waals surface area contributed by atoms with Gasteiger partial charge >= 0.3 is 0 Å². The summed E-state index contributed by atoms with van der Waals surface area (Å²) in [6.07, 6.45) is 0.852. The topological polar surface area (TPSA) is 75.3 Å². The van der Waals surface area contributed by atoms with E-state index in [1.807, 2.05) is 30.3 Å². The third-order valence-electron chi connectivity index (χ3n) is 4.87. The van der Waals surface area contributed by atoms with Crippen LogP contribution < -0.4 is 10.0 Å². The Morgan fingerprint density at radius 3 is 2.31 bits per heavy atom. The first-order valence-corrected chi connectivity index (χ1v) is 11.0. The quantitative estimate of drug-likeness (QED) is 0.522. The van der Waals surface area contributed by atoms with Crippen molar-refractivity contribution in [3.63, 3.8) is 0 Å². The Hall–Kier alpha value is -2.96. The Morgan fingerprint density at radius 1 is 0.897 bits per heavy atom. The average molecular weight is 407 g/mol. The lowest BCUT2D eigenvalue weighted by molar-refractivity contribution is 0.102. The van der Waals surface area contributed by atoms with Gasteiger partial charge in [-0.3, -0.25) is 4.79 Å². The van der Waals surface area contributed by atoms with E-state index in [-0.39, 0.29) is 16.8 Å². The fourth-order valence-corrected chi connectivity index (χ4v) is 4.84. The number of rotatable bonds is 5. The summed E-state index contributed by atoms with van der Waals surface area (Å²) in [5.41, 5.74) is 6.04. The van der Waals surface area contributed by atoms with Crippen molar-refractivity contribution in [1.82, 2.24) is 4.72 Å². The second-order valence-electron chi connectivity index (χ2n) is 7.46. The molecule has 0 spiro atoms. The van der Waals surface area contributed by atoms with Crippen LogP contribution in [-0.4, -0.2) is 20.4 Å². The Balaban J connectivity index is 1.50. The van der Waals surface area contributed by atoms with Crippen LogP contribution in [0.3, 0.4) is 0 Å². The maximum absolute atomic E-state index is 12.6. The van der Waals surface area contributed by atoms with Crippen molar-refractivity contribution in [2.24, 2.45) is 0 Å². The van der Waals surface area contributed by atoms with Crippen molar-refractivity contribution < 1.29 is 13.2 Å². The highest BCUT2D eigenvalue weighted by Crippen LogP contribution is 2.37. The number of hydrogen-bond donors (Lipinski definition) is 2. The van der Waals surface area contributed by atoms with E-state index in [2.05, 4.69) is 22.2 Å².